The number of rotatable bonds is 4. The smallest absolute Gasteiger partial charge is 0.241 e. The molecule has 5 nitrogen and oxygen atoms in total. The number of nitrogens with zero attached hydrogens (tertiary/aromatic N) is 3. The van der Waals surface area contributed by atoms with Gasteiger partial charge in [-0.05, 0) is 24.3 Å². The van der Waals surface area contributed by atoms with Crippen LogP contribution in [-0.4, -0.2) is 34.5 Å². The molecule has 7 heteroatoms. The van der Waals surface area contributed by atoms with Gasteiger partial charge >= 0.3 is 0 Å². The van der Waals surface area contributed by atoms with Gasteiger partial charge in [0.05, 0.1) is 21.2 Å². The summed E-state index contributed by atoms with van der Waals surface area (Å²) in [5, 5.41) is 5.11. The number of carbonyl (C=O) groups excluding carboxylic acids is 1. The second-order valence-corrected chi connectivity index (χ2v) is 6.36. The Hall–Kier alpha value is -2.24. The number of para-hydroxylation sites is 1. The number of pyridine rings is 1. The highest BCUT2D eigenvalue weighted by Crippen LogP contribution is 2.34. The maximum Gasteiger partial charge on any atom is 0.241 e. The molecule has 0 atom stereocenters. The normalized spacial score (nSPS) is 10.8. The predicted molar refractivity (Wildman–Crippen MR) is 98.2 cm³/mol. The summed E-state index contributed by atoms with van der Waals surface area (Å²) in [5.41, 5.74) is 1.52. The number of halogens is 2. The van der Waals surface area contributed by atoms with Gasteiger partial charge in [0.2, 0.25) is 5.91 Å². The van der Waals surface area contributed by atoms with Gasteiger partial charge in [0.25, 0.3) is 0 Å². The summed E-state index contributed by atoms with van der Waals surface area (Å²) in [5.74, 6) is 0.659. The molecule has 0 saturated carbocycles. The van der Waals surface area contributed by atoms with Crippen molar-refractivity contribution >= 4 is 51.5 Å². The quantitative estimate of drug-likeness (QED) is 0.757. The van der Waals surface area contributed by atoms with Crippen molar-refractivity contribution in [1.29, 1.82) is 0 Å². The molecule has 0 aliphatic carbocycles. The summed E-state index contributed by atoms with van der Waals surface area (Å²) in [6, 6.07) is 9.09. The highest BCUT2D eigenvalue weighted by atomic mass is 35.5. The van der Waals surface area contributed by atoms with Crippen LogP contribution in [0.4, 0.5) is 11.5 Å². The molecule has 1 amide bonds. The fourth-order valence-corrected chi connectivity index (χ4v) is 2.87. The van der Waals surface area contributed by atoms with E-state index in [0.717, 1.165) is 10.9 Å². The third-order valence-electron chi connectivity index (χ3n) is 3.71. The molecule has 24 heavy (non-hydrogen) atoms. The number of aromatic nitrogens is 2. The molecule has 0 radical (unpaired) electrons. The lowest BCUT2D eigenvalue weighted by atomic mass is 10.2. The lowest BCUT2D eigenvalue weighted by Gasteiger charge is -2.13. The molecule has 0 bridgehead atoms. The van der Waals surface area contributed by atoms with Crippen molar-refractivity contribution in [2.75, 3.05) is 19.4 Å². The third-order valence-corrected chi connectivity index (χ3v) is 4.34. The van der Waals surface area contributed by atoms with Crippen LogP contribution in [0.25, 0.3) is 10.9 Å². The van der Waals surface area contributed by atoms with Gasteiger partial charge in [0.15, 0.2) is 0 Å². The number of amides is 1. The van der Waals surface area contributed by atoms with Crippen LogP contribution in [0.5, 0.6) is 0 Å². The van der Waals surface area contributed by atoms with Crippen LogP contribution < -0.4 is 5.32 Å². The van der Waals surface area contributed by atoms with Crippen molar-refractivity contribution in [3.8, 4) is 0 Å². The first-order valence-corrected chi connectivity index (χ1v) is 8.08. The number of carbonyl (C=O) groups is 1. The number of fused-ring (bicyclic) bond motifs is 1. The van der Waals surface area contributed by atoms with E-state index in [-0.39, 0.29) is 12.5 Å². The minimum Gasteiger partial charge on any atom is -0.347 e. The standard InChI is InChI=1S/C17H16Cl2N4O/c1-22(2)15(24)10-23-9-7-11-14(23)6-8-20-17(11)21-16-12(18)4-3-5-13(16)19/h3-9H,10H2,1-2H3,(H,20,21). The van der Waals surface area contributed by atoms with Crippen molar-refractivity contribution in [3.05, 3.63) is 52.8 Å². The van der Waals surface area contributed by atoms with Crippen LogP contribution in [0.2, 0.25) is 10.0 Å². The first-order valence-electron chi connectivity index (χ1n) is 7.32. The van der Waals surface area contributed by atoms with Crippen molar-refractivity contribution in [2.24, 2.45) is 0 Å². The fraction of sp³-hybridized carbons (Fsp3) is 0.176. The van der Waals surface area contributed by atoms with Crippen LogP contribution >= 0.6 is 23.2 Å². The molecule has 1 aromatic carbocycles. The molecule has 0 spiro atoms. The van der Waals surface area contributed by atoms with Crippen molar-refractivity contribution in [3.63, 3.8) is 0 Å². The average Bonchev–Trinajstić information content (AvgIpc) is 2.95. The Bertz CT molecular complexity index is 884. The first kappa shape index (κ1) is 16.6. The van der Waals surface area contributed by atoms with Crippen molar-refractivity contribution in [2.45, 2.75) is 6.54 Å². The Morgan fingerprint density at radius 1 is 1.21 bits per heavy atom. The van der Waals surface area contributed by atoms with Crippen LogP contribution in [0, 0.1) is 0 Å². The zero-order valence-electron chi connectivity index (χ0n) is 13.3. The Kier molecular flexibility index (Phi) is 4.64. The molecule has 0 unspecified atom stereocenters. The van der Waals surface area contributed by atoms with Gasteiger partial charge in [-0.15, -0.1) is 0 Å². The second-order valence-electron chi connectivity index (χ2n) is 5.55. The summed E-state index contributed by atoms with van der Waals surface area (Å²) in [4.78, 5) is 17.9. The van der Waals surface area contributed by atoms with E-state index in [1.165, 1.54) is 0 Å². The van der Waals surface area contributed by atoms with Gasteiger partial charge in [-0.25, -0.2) is 4.98 Å². The van der Waals surface area contributed by atoms with Crippen molar-refractivity contribution < 1.29 is 4.79 Å². The van der Waals surface area contributed by atoms with Gasteiger partial charge in [-0.1, -0.05) is 29.3 Å². The topological polar surface area (TPSA) is 50.2 Å². The van der Waals surface area contributed by atoms with Gasteiger partial charge in [-0.3, -0.25) is 4.79 Å². The molecule has 124 valence electrons. The Labute approximate surface area is 149 Å². The van der Waals surface area contributed by atoms with Gasteiger partial charge < -0.3 is 14.8 Å². The monoisotopic (exact) mass is 362 g/mol. The molecular weight excluding hydrogens is 347 g/mol. The molecule has 0 saturated heterocycles. The zero-order valence-corrected chi connectivity index (χ0v) is 14.8. The van der Waals surface area contributed by atoms with Crippen LogP contribution in [-0.2, 0) is 11.3 Å². The van der Waals surface area contributed by atoms with E-state index >= 15 is 0 Å². The van der Waals surface area contributed by atoms with Gasteiger partial charge in [0, 0.05) is 31.9 Å². The molecule has 3 aromatic rings. The first-order chi connectivity index (χ1) is 11.5. The molecule has 2 heterocycles. The van der Waals surface area contributed by atoms with E-state index in [1.807, 2.05) is 22.9 Å². The van der Waals surface area contributed by atoms with E-state index < -0.39 is 0 Å². The number of benzene rings is 1. The van der Waals surface area contributed by atoms with Crippen LogP contribution in [0.1, 0.15) is 0 Å². The number of hydrogen-bond acceptors (Lipinski definition) is 3. The molecule has 0 fully saturated rings. The summed E-state index contributed by atoms with van der Waals surface area (Å²) >= 11 is 12.4. The largest absolute Gasteiger partial charge is 0.347 e. The number of nitrogens with one attached hydrogen (secondary N) is 1. The summed E-state index contributed by atoms with van der Waals surface area (Å²) < 4.78 is 1.89. The molecular formula is C17H16Cl2N4O. The highest BCUT2D eigenvalue weighted by molar-refractivity contribution is 6.39. The van der Waals surface area contributed by atoms with E-state index in [2.05, 4.69) is 10.3 Å². The van der Waals surface area contributed by atoms with Crippen LogP contribution in [0.15, 0.2) is 42.7 Å². The molecule has 3 rings (SSSR count). The number of anilines is 2. The zero-order chi connectivity index (χ0) is 17.3. The van der Waals surface area contributed by atoms with Crippen molar-refractivity contribution in [1.82, 2.24) is 14.5 Å². The minimum absolute atomic E-state index is 0.0213. The van der Waals surface area contributed by atoms with E-state index in [9.17, 15) is 4.79 Å². The third kappa shape index (κ3) is 3.18. The molecule has 1 N–H and O–H groups in total. The lowest BCUT2D eigenvalue weighted by Crippen LogP contribution is -2.25. The Morgan fingerprint density at radius 2 is 1.92 bits per heavy atom. The maximum absolute atomic E-state index is 12.0. The minimum atomic E-state index is 0.0213. The second kappa shape index (κ2) is 6.71. The Balaban J connectivity index is 1.99. The highest BCUT2D eigenvalue weighted by Gasteiger charge is 2.13. The van der Waals surface area contributed by atoms with E-state index in [1.54, 1.807) is 43.4 Å². The molecule has 0 aliphatic rings. The summed E-state index contributed by atoms with van der Waals surface area (Å²) in [7, 11) is 3.48. The average molecular weight is 363 g/mol. The van der Waals surface area contributed by atoms with E-state index in [4.69, 9.17) is 23.2 Å². The predicted octanol–water partition coefficient (Wildman–Crippen LogP) is 4.17. The van der Waals surface area contributed by atoms with Crippen LogP contribution in [0.3, 0.4) is 0 Å². The SMILES string of the molecule is CN(C)C(=O)Cn1ccc2c(Nc3c(Cl)cccc3Cl)nccc21. The summed E-state index contributed by atoms with van der Waals surface area (Å²) in [6.45, 7) is 0.271. The number of likely N-dealkylation sites (N-methyl/N-ethyl adjacent to an activating group) is 1. The van der Waals surface area contributed by atoms with E-state index in [0.29, 0.717) is 21.6 Å². The van der Waals surface area contributed by atoms with Gasteiger partial charge in [0.1, 0.15) is 12.4 Å². The Morgan fingerprint density at radius 3 is 2.58 bits per heavy atom. The lowest BCUT2D eigenvalue weighted by molar-refractivity contribution is -0.129. The molecule has 2 aromatic heterocycles. The molecule has 0 aliphatic heterocycles. The maximum atomic E-state index is 12.0. The fourth-order valence-electron chi connectivity index (χ4n) is 2.38. The summed E-state index contributed by atoms with van der Waals surface area (Å²) in [6.07, 6.45) is 3.55. The van der Waals surface area contributed by atoms with Gasteiger partial charge in [-0.2, -0.15) is 0 Å². The number of hydrogen-bond donors (Lipinski definition) is 1.